The Balaban J connectivity index is 2.68. The van der Waals surface area contributed by atoms with Gasteiger partial charge >= 0.3 is 5.97 Å². The van der Waals surface area contributed by atoms with Gasteiger partial charge in [-0.3, -0.25) is 4.79 Å². The number of halogens is 1. The van der Waals surface area contributed by atoms with Crippen LogP contribution in [-0.2, 0) is 9.59 Å². The number of carbonyl (C=O) groups is 2. The number of hydrogen-bond acceptors (Lipinski definition) is 2. The van der Waals surface area contributed by atoms with Crippen LogP contribution in [0.5, 0.6) is 0 Å². The molecule has 1 amide bonds. The molecule has 0 spiro atoms. The third-order valence-corrected chi connectivity index (χ3v) is 2.91. The van der Waals surface area contributed by atoms with Crippen molar-refractivity contribution in [3.05, 3.63) is 35.6 Å². The van der Waals surface area contributed by atoms with E-state index >= 15 is 0 Å². The van der Waals surface area contributed by atoms with E-state index in [1.807, 2.05) is 0 Å². The van der Waals surface area contributed by atoms with E-state index in [9.17, 15) is 14.0 Å². The summed E-state index contributed by atoms with van der Waals surface area (Å²) in [5.74, 6) is -2.20. The Kier molecular flexibility index (Phi) is 4.64. The van der Waals surface area contributed by atoms with Crippen molar-refractivity contribution >= 4 is 11.9 Å². The van der Waals surface area contributed by atoms with Gasteiger partial charge in [-0.25, -0.2) is 9.18 Å². The first-order valence-electron chi connectivity index (χ1n) is 6.03. The highest BCUT2D eigenvalue weighted by atomic mass is 19.1. The molecule has 0 aliphatic carbocycles. The zero-order valence-corrected chi connectivity index (χ0v) is 11.2. The summed E-state index contributed by atoms with van der Waals surface area (Å²) in [6.07, 6.45) is 0.0393. The molecule has 19 heavy (non-hydrogen) atoms. The van der Waals surface area contributed by atoms with Gasteiger partial charge in [0.05, 0.1) is 0 Å². The van der Waals surface area contributed by atoms with Crippen molar-refractivity contribution in [2.75, 3.05) is 0 Å². The van der Waals surface area contributed by atoms with Crippen LogP contribution in [0.1, 0.15) is 38.7 Å². The second-order valence-corrected chi connectivity index (χ2v) is 5.11. The van der Waals surface area contributed by atoms with Gasteiger partial charge in [-0.2, -0.15) is 0 Å². The molecule has 0 aromatic heterocycles. The number of carboxylic acid groups (broad SMARTS) is 1. The molecular formula is C14H18FNO3. The molecule has 2 N–H and O–H groups in total. The van der Waals surface area contributed by atoms with Crippen molar-refractivity contribution in [3.8, 4) is 0 Å². The lowest BCUT2D eigenvalue weighted by Crippen LogP contribution is -2.49. The lowest BCUT2D eigenvalue weighted by molar-refractivity contribution is -0.146. The Morgan fingerprint density at radius 2 is 1.95 bits per heavy atom. The number of benzene rings is 1. The van der Waals surface area contributed by atoms with Crippen LogP contribution in [0.3, 0.4) is 0 Å². The molecule has 1 atom stereocenters. The maximum Gasteiger partial charge on any atom is 0.328 e. The first-order chi connectivity index (χ1) is 8.74. The van der Waals surface area contributed by atoms with Crippen LogP contribution in [-0.4, -0.2) is 22.5 Å². The summed E-state index contributed by atoms with van der Waals surface area (Å²) in [6, 6.07) is 6.24. The monoisotopic (exact) mass is 267 g/mol. The molecule has 0 radical (unpaired) electrons. The van der Waals surface area contributed by atoms with E-state index in [-0.39, 0.29) is 18.2 Å². The third-order valence-electron chi connectivity index (χ3n) is 2.91. The number of hydrogen-bond donors (Lipinski definition) is 2. The maximum absolute atomic E-state index is 13.5. The molecule has 0 aliphatic heterocycles. The number of carbonyl (C=O) groups excluding carboxylic acids is 1. The van der Waals surface area contributed by atoms with E-state index in [1.54, 1.807) is 25.1 Å². The fraction of sp³-hybridized carbons (Fsp3) is 0.429. The van der Waals surface area contributed by atoms with Crippen LogP contribution in [0, 0.1) is 5.82 Å². The normalized spacial score (nSPS) is 12.8. The lowest BCUT2D eigenvalue weighted by Gasteiger charge is -2.22. The Labute approximate surface area is 111 Å². The largest absolute Gasteiger partial charge is 0.480 e. The van der Waals surface area contributed by atoms with E-state index in [4.69, 9.17) is 5.11 Å². The Morgan fingerprint density at radius 3 is 2.47 bits per heavy atom. The second kappa shape index (κ2) is 5.82. The van der Waals surface area contributed by atoms with E-state index in [1.165, 1.54) is 19.9 Å². The van der Waals surface area contributed by atoms with Gasteiger partial charge in [-0.05, 0) is 31.4 Å². The van der Waals surface area contributed by atoms with Crippen LogP contribution in [0.25, 0.3) is 0 Å². The summed E-state index contributed by atoms with van der Waals surface area (Å²) in [5.41, 5.74) is -0.878. The minimum atomic E-state index is -1.33. The summed E-state index contributed by atoms with van der Waals surface area (Å²) in [4.78, 5) is 22.7. The van der Waals surface area contributed by atoms with Crippen LogP contribution in [0.2, 0.25) is 0 Å². The van der Waals surface area contributed by atoms with E-state index in [2.05, 4.69) is 5.32 Å². The predicted octanol–water partition coefficient (Wildman–Crippen LogP) is 2.30. The molecule has 1 unspecified atom stereocenters. The third kappa shape index (κ3) is 4.05. The summed E-state index contributed by atoms with van der Waals surface area (Å²) in [6.45, 7) is 4.54. The summed E-state index contributed by atoms with van der Waals surface area (Å²) in [7, 11) is 0. The summed E-state index contributed by atoms with van der Waals surface area (Å²) < 4.78 is 13.5. The van der Waals surface area contributed by atoms with Crippen LogP contribution >= 0.6 is 0 Å². The fourth-order valence-corrected chi connectivity index (χ4v) is 1.72. The molecule has 4 nitrogen and oxygen atoms in total. The highest BCUT2D eigenvalue weighted by Gasteiger charge is 2.29. The van der Waals surface area contributed by atoms with Gasteiger partial charge in [0.25, 0.3) is 0 Å². The molecule has 1 aromatic carbocycles. The van der Waals surface area contributed by atoms with Crippen molar-refractivity contribution in [2.45, 2.75) is 38.6 Å². The Hall–Kier alpha value is -1.91. The van der Waals surface area contributed by atoms with Gasteiger partial charge in [0, 0.05) is 6.42 Å². The molecule has 1 rings (SSSR count). The highest BCUT2D eigenvalue weighted by Crippen LogP contribution is 2.22. The second-order valence-electron chi connectivity index (χ2n) is 5.11. The van der Waals surface area contributed by atoms with Crippen LogP contribution in [0.15, 0.2) is 24.3 Å². The molecular weight excluding hydrogens is 249 g/mol. The minimum absolute atomic E-state index is 0.0393. The molecule has 0 saturated carbocycles. The standard InChI is InChI=1S/C14H18FNO3/c1-9(10-6-4-5-7-11(10)15)8-12(17)16-14(2,3)13(18)19/h4-7,9H,8H2,1-3H3,(H,16,17)(H,18,19). The minimum Gasteiger partial charge on any atom is -0.480 e. The average molecular weight is 267 g/mol. The molecule has 0 aliphatic rings. The number of carboxylic acids is 1. The van der Waals surface area contributed by atoms with Gasteiger partial charge in [0.2, 0.25) is 5.91 Å². The van der Waals surface area contributed by atoms with E-state index < -0.39 is 17.4 Å². The molecule has 0 bridgehead atoms. The number of rotatable bonds is 5. The van der Waals surface area contributed by atoms with Gasteiger partial charge < -0.3 is 10.4 Å². The van der Waals surface area contributed by atoms with Gasteiger partial charge in [0.1, 0.15) is 11.4 Å². The Bertz CT molecular complexity index is 485. The molecule has 0 heterocycles. The fourth-order valence-electron chi connectivity index (χ4n) is 1.72. The molecule has 0 fully saturated rings. The van der Waals surface area contributed by atoms with Crippen molar-refractivity contribution < 1.29 is 19.1 Å². The molecule has 5 heteroatoms. The van der Waals surface area contributed by atoms with Crippen molar-refractivity contribution in [2.24, 2.45) is 0 Å². The van der Waals surface area contributed by atoms with Crippen LogP contribution < -0.4 is 5.32 Å². The van der Waals surface area contributed by atoms with Crippen molar-refractivity contribution in [3.63, 3.8) is 0 Å². The molecule has 104 valence electrons. The zero-order chi connectivity index (χ0) is 14.6. The molecule has 1 aromatic rings. The number of aliphatic carboxylic acids is 1. The molecule has 0 saturated heterocycles. The Morgan fingerprint density at radius 1 is 1.37 bits per heavy atom. The smallest absolute Gasteiger partial charge is 0.328 e. The predicted molar refractivity (Wildman–Crippen MR) is 69.3 cm³/mol. The van der Waals surface area contributed by atoms with E-state index in [0.717, 1.165) is 0 Å². The first-order valence-corrected chi connectivity index (χ1v) is 6.03. The van der Waals surface area contributed by atoms with Crippen molar-refractivity contribution in [1.29, 1.82) is 0 Å². The zero-order valence-electron chi connectivity index (χ0n) is 11.2. The number of amides is 1. The van der Waals surface area contributed by atoms with Crippen LogP contribution in [0.4, 0.5) is 4.39 Å². The average Bonchev–Trinajstić information content (AvgIpc) is 2.28. The summed E-state index contributed by atoms with van der Waals surface area (Å²) in [5, 5.41) is 11.3. The van der Waals surface area contributed by atoms with Gasteiger partial charge in [-0.1, -0.05) is 25.1 Å². The highest BCUT2D eigenvalue weighted by molar-refractivity contribution is 5.86. The van der Waals surface area contributed by atoms with Crippen molar-refractivity contribution in [1.82, 2.24) is 5.32 Å². The van der Waals surface area contributed by atoms with Gasteiger partial charge in [0.15, 0.2) is 0 Å². The number of nitrogens with one attached hydrogen (secondary N) is 1. The first kappa shape index (κ1) is 15.1. The summed E-state index contributed by atoms with van der Waals surface area (Å²) >= 11 is 0. The quantitative estimate of drug-likeness (QED) is 0.860. The SMILES string of the molecule is CC(CC(=O)NC(C)(C)C(=O)O)c1ccccc1F. The topological polar surface area (TPSA) is 66.4 Å². The van der Waals surface area contributed by atoms with E-state index in [0.29, 0.717) is 5.56 Å². The van der Waals surface area contributed by atoms with Gasteiger partial charge in [-0.15, -0.1) is 0 Å². The lowest BCUT2D eigenvalue weighted by atomic mass is 9.96. The maximum atomic E-state index is 13.5.